The number of para-hydroxylation sites is 1. The minimum atomic E-state index is -0.520. The molecule has 0 aromatic heterocycles. The van der Waals surface area contributed by atoms with Gasteiger partial charge in [-0.15, -0.1) is 0 Å². The lowest BCUT2D eigenvalue weighted by Crippen LogP contribution is -2.15. The second-order valence-electron chi connectivity index (χ2n) is 4.54. The average molecular weight is 234 g/mol. The summed E-state index contributed by atoms with van der Waals surface area (Å²) in [6.45, 7) is 0.673. The van der Waals surface area contributed by atoms with Crippen LogP contribution in [0.2, 0.25) is 0 Å². The van der Waals surface area contributed by atoms with E-state index in [-0.39, 0.29) is 0 Å². The van der Waals surface area contributed by atoms with Crippen molar-refractivity contribution >= 4 is 11.6 Å². The highest BCUT2D eigenvalue weighted by atomic mass is 16.5. The second kappa shape index (κ2) is 5.08. The van der Waals surface area contributed by atoms with E-state index in [9.17, 15) is 4.79 Å². The van der Waals surface area contributed by atoms with E-state index in [0.29, 0.717) is 29.5 Å². The maximum atomic E-state index is 11.1. The number of hydrogen-bond acceptors (Lipinski definition) is 3. The predicted octanol–water partition coefficient (Wildman–Crippen LogP) is 1.94. The van der Waals surface area contributed by atoms with Gasteiger partial charge in [0.25, 0.3) is 5.91 Å². The highest BCUT2D eigenvalue weighted by Gasteiger charge is 2.17. The zero-order chi connectivity index (χ0) is 12.3. The van der Waals surface area contributed by atoms with Crippen molar-refractivity contribution in [1.82, 2.24) is 0 Å². The summed E-state index contributed by atoms with van der Waals surface area (Å²) in [6, 6.07) is 5.12. The van der Waals surface area contributed by atoms with E-state index in [1.54, 1.807) is 18.2 Å². The topological polar surface area (TPSA) is 78.3 Å². The summed E-state index contributed by atoms with van der Waals surface area (Å²) < 4.78 is 5.68. The van der Waals surface area contributed by atoms with Crippen molar-refractivity contribution in [2.45, 2.75) is 25.7 Å². The van der Waals surface area contributed by atoms with Crippen molar-refractivity contribution < 1.29 is 9.53 Å². The van der Waals surface area contributed by atoms with Gasteiger partial charge in [0.2, 0.25) is 0 Å². The van der Waals surface area contributed by atoms with Crippen LogP contribution in [-0.4, -0.2) is 12.5 Å². The van der Waals surface area contributed by atoms with Crippen LogP contribution in [0.1, 0.15) is 36.0 Å². The van der Waals surface area contributed by atoms with Crippen molar-refractivity contribution in [3.05, 3.63) is 23.8 Å². The monoisotopic (exact) mass is 234 g/mol. The van der Waals surface area contributed by atoms with Crippen molar-refractivity contribution in [2.24, 2.45) is 11.7 Å². The molecule has 0 unspecified atom stereocenters. The molecule has 4 nitrogen and oxygen atoms in total. The van der Waals surface area contributed by atoms with Gasteiger partial charge in [0.15, 0.2) is 0 Å². The van der Waals surface area contributed by atoms with Gasteiger partial charge in [0.05, 0.1) is 17.9 Å². The summed E-state index contributed by atoms with van der Waals surface area (Å²) >= 11 is 0. The van der Waals surface area contributed by atoms with Gasteiger partial charge >= 0.3 is 0 Å². The Balaban J connectivity index is 2.04. The van der Waals surface area contributed by atoms with Crippen LogP contribution < -0.4 is 16.2 Å². The van der Waals surface area contributed by atoms with E-state index in [1.807, 2.05) is 0 Å². The van der Waals surface area contributed by atoms with E-state index >= 15 is 0 Å². The van der Waals surface area contributed by atoms with Crippen LogP contribution in [0, 0.1) is 5.92 Å². The number of primary amides is 1. The predicted molar refractivity (Wildman–Crippen MR) is 66.8 cm³/mol. The van der Waals surface area contributed by atoms with Crippen LogP contribution in [0.25, 0.3) is 0 Å². The quantitative estimate of drug-likeness (QED) is 0.781. The summed E-state index contributed by atoms with van der Waals surface area (Å²) in [4.78, 5) is 11.1. The van der Waals surface area contributed by atoms with Crippen molar-refractivity contribution in [3.8, 4) is 5.75 Å². The fraction of sp³-hybridized carbons (Fsp3) is 0.462. The molecule has 2 rings (SSSR count). The molecule has 0 radical (unpaired) electrons. The number of benzene rings is 1. The molecule has 0 aliphatic heterocycles. The molecule has 1 aliphatic rings. The Labute approximate surface area is 101 Å². The Hall–Kier alpha value is -1.71. The number of anilines is 1. The van der Waals surface area contributed by atoms with E-state index < -0.39 is 5.91 Å². The van der Waals surface area contributed by atoms with Gasteiger partial charge in [-0.2, -0.15) is 0 Å². The first kappa shape index (κ1) is 11.8. The normalized spacial score (nSPS) is 16.0. The Kier molecular flexibility index (Phi) is 3.52. The van der Waals surface area contributed by atoms with Gasteiger partial charge in [0.1, 0.15) is 5.75 Å². The van der Waals surface area contributed by atoms with Gasteiger partial charge in [-0.05, 0) is 30.9 Å². The Morgan fingerprint density at radius 3 is 2.71 bits per heavy atom. The molecule has 1 fully saturated rings. The molecule has 4 heteroatoms. The molecular formula is C13H18N2O2. The summed E-state index contributed by atoms with van der Waals surface area (Å²) in [6.07, 6.45) is 5.00. The number of ether oxygens (including phenoxy) is 1. The van der Waals surface area contributed by atoms with Crippen molar-refractivity contribution in [3.63, 3.8) is 0 Å². The molecule has 17 heavy (non-hydrogen) atoms. The minimum Gasteiger partial charge on any atom is -0.491 e. The van der Waals surface area contributed by atoms with Crippen LogP contribution in [0.5, 0.6) is 5.75 Å². The molecule has 1 amide bonds. The molecule has 0 bridgehead atoms. The molecule has 1 aromatic carbocycles. The molecule has 0 heterocycles. The first-order valence-electron chi connectivity index (χ1n) is 5.99. The first-order chi connectivity index (χ1) is 8.18. The van der Waals surface area contributed by atoms with E-state index in [4.69, 9.17) is 16.2 Å². The van der Waals surface area contributed by atoms with Crippen LogP contribution in [-0.2, 0) is 0 Å². The molecular weight excluding hydrogens is 216 g/mol. The SMILES string of the molecule is NC(=O)c1cccc(OCC2CCCC2)c1N. The fourth-order valence-corrected chi connectivity index (χ4v) is 2.27. The van der Waals surface area contributed by atoms with Gasteiger partial charge in [-0.1, -0.05) is 18.9 Å². The van der Waals surface area contributed by atoms with Crippen molar-refractivity contribution in [2.75, 3.05) is 12.3 Å². The van der Waals surface area contributed by atoms with Gasteiger partial charge in [-0.3, -0.25) is 4.79 Å². The maximum Gasteiger partial charge on any atom is 0.250 e. The fourth-order valence-electron chi connectivity index (χ4n) is 2.27. The summed E-state index contributed by atoms with van der Waals surface area (Å²) in [5.41, 5.74) is 11.7. The third-order valence-electron chi connectivity index (χ3n) is 3.28. The highest BCUT2D eigenvalue weighted by Crippen LogP contribution is 2.29. The third kappa shape index (κ3) is 2.70. The molecule has 0 saturated heterocycles. The van der Waals surface area contributed by atoms with Gasteiger partial charge in [-0.25, -0.2) is 0 Å². The summed E-state index contributed by atoms with van der Waals surface area (Å²) in [7, 11) is 0. The molecule has 0 spiro atoms. The van der Waals surface area contributed by atoms with Crippen LogP contribution in [0.3, 0.4) is 0 Å². The zero-order valence-corrected chi connectivity index (χ0v) is 9.82. The molecule has 1 saturated carbocycles. The lowest BCUT2D eigenvalue weighted by molar-refractivity contribution is 0.100. The maximum absolute atomic E-state index is 11.1. The summed E-state index contributed by atoms with van der Waals surface area (Å²) in [5.74, 6) is 0.661. The number of amides is 1. The minimum absolute atomic E-state index is 0.328. The number of nitrogen functional groups attached to an aromatic ring is 1. The highest BCUT2D eigenvalue weighted by molar-refractivity contribution is 5.99. The Bertz CT molecular complexity index is 412. The van der Waals surface area contributed by atoms with Gasteiger partial charge < -0.3 is 16.2 Å². The Morgan fingerprint density at radius 2 is 2.06 bits per heavy atom. The molecule has 1 aliphatic carbocycles. The lowest BCUT2D eigenvalue weighted by atomic mass is 10.1. The van der Waals surface area contributed by atoms with E-state index in [1.165, 1.54) is 25.7 Å². The zero-order valence-electron chi connectivity index (χ0n) is 9.82. The largest absolute Gasteiger partial charge is 0.491 e. The first-order valence-corrected chi connectivity index (χ1v) is 5.99. The van der Waals surface area contributed by atoms with Gasteiger partial charge in [0, 0.05) is 0 Å². The lowest BCUT2D eigenvalue weighted by Gasteiger charge is -2.14. The number of nitrogens with two attached hydrogens (primary N) is 2. The van der Waals surface area contributed by atoms with Crippen LogP contribution in [0.15, 0.2) is 18.2 Å². The van der Waals surface area contributed by atoms with E-state index in [0.717, 1.165) is 0 Å². The average Bonchev–Trinajstić information content (AvgIpc) is 2.80. The number of carbonyl (C=O) groups is 1. The van der Waals surface area contributed by atoms with Crippen LogP contribution in [0.4, 0.5) is 5.69 Å². The van der Waals surface area contributed by atoms with Crippen LogP contribution >= 0.6 is 0 Å². The number of rotatable bonds is 4. The molecule has 4 N–H and O–H groups in total. The summed E-state index contributed by atoms with van der Waals surface area (Å²) in [5, 5.41) is 0. The third-order valence-corrected chi connectivity index (χ3v) is 3.28. The standard InChI is InChI=1S/C13H18N2O2/c14-12-10(13(15)16)6-3-7-11(12)17-8-9-4-1-2-5-9/h3,6-7,9H,1-2,4-5,8,14H2,(H2,15,16). The number of carbonyl (C=O) groups excluding carboxylic acids is 1. The molecule has 0 atom stereocenters. The van der Waals surface area contributed by atoms with Crippen molar-refractivity contribution in [1.29, 1.82) is 0 Å². The molecule has 1 aromatic rings. The Morgan fingerprint density at radius 1 is 1.35 bits per heavy atom. The smallest absolute Gasteiger partial charge is 0.250 e. The second-order valence-corrected chi connectivity index (χ2v) is 4.54. The molecule has 92 valence electrons. The van der Waals surface area contributed by atoms with E-state index in [2.05, 4.69) is 0 Å². The number of hydrogen-bond donors (Lipinski definition) is 2.